The SMILES string of the molecule is CC(NC(=O)c1ccccc1F)c1nnc(SCC(=O)Nc2ccc3c(c2)n(C)c(=O)n3C)n1C. The zero-order valence-corrected chi connectivity index (χ0v) is 20.4. The van der Waals surface area contributed by atoms with Gasteiger partial charge in [0.05, 0.1) is 28.4 Å². The molecule has 2 amide bonds. The molecule has 2 heterocycles. The number of fused-ring (bicyclic) bond motifs is 1. The first-order chi connectivity index (χ1) is 16.7. The molecule has 12 heteroatoms. The smallest absolute Gasteiger partial charge is 0.328 e. The molecular formula is C23H24FN7O3S. The number of aryl methyl sites for hydroxylation is 2. The van der Waals surface area contributed by atoms with E-state index in [2.05, 4.69) is 20.8 Å². The average molecular weight is 498 g/mol. The number of rotatable bonds is 7. The van der Waals surface area contributed by atoms with E-state index in [0.717, 1.165) is 5.52 Å². The number of imidazole rings is 1. The number of anilines is 1. The first-order valence-corrected chi connectivity index (χ1v) is 11.7. The number of carbonyl (C=O) groups is 2. The second-order valence-corrected chi connectivity index (χ2v) is 8.96. The molecule has 1 unspecified atom stereocenters. The van der Waals surface area contributed by atoms with Gasteiger partial charge in [-0.3, -0.25) is 18.7 Å². The predicted molar refractivity (Wildman–Crippen MR) is 131 cm³/mol. The van der Waals surface area contributed by atoms with E-state index in [9.17, 15) is 18.8 Å². The highest BCUT2D eigenvalue weighted by atomic mass is 32.2. The molecular weight excluding hydrogens is 473 g/mol. The van der Waals surface area contributed by atoms with Crippen LogP contribution in [0.15, 0.2) is 52.4 Å². The lowest BCUT2D eigenvalue weighted by Crippen LogP contribution is -2.29. The number of benzene rings is 2. The quantitative estimate of drug-likeness (QED) is 0.379. The van der Waals surface area contributed by atoms with Crippen LogP contribution in [0.5, 0.6) is 0 Å². The van der Waals surface area contributed by atoms with Crippen LogP contribution >= 0.6 is 11.8 Å². The van der Waals surface area contributed by atoms with Gasteiger partial charge in [-0.2, -0.15) is 0 Å². The minimum absolute atomic E-state index is 0.0541. The lowest BCUT2D eigenvalue weighted by atomic mass is 10.2. The van der Waals surface area contributed by atoms with Gasteiger partial charge in [0, 0.05) is 26.8 Å². The summed E-state index contributed by atoms with van der Waals surface area (Å²) in [5.41, 5.74) is 1.87. The number of carbonyl (C=O) groups excluding carboxylic acids is 2. The number of nitrogens with zero attached hydrogens (tertiary/aromatic N) is 5. The van der Waals surface area contributed by atoms with E-state index < -0.39 is 17.8 Å². The molecule has 0 aliphatic rings. The van der Waals surface area contributed by atoms with Crippen LogP contribution in [0.3, 0.4) is 0 Å². The van der Waals surface area contributed by atoms with Crippen LogP contribution in [0.2, 0.25) is 0 Å². The molecule has 0 saturated heterocycles. The molecule has 4 rings (SSSR count). The second kappa shape index (κ2) is 9.74. The zero-order valence-electron chi connectivity index (χ0n) is 19.6. The largest absolute Gasteiger partial charge is 0.342 e. The molecule has 4 aromatic rings. The second-order valence-electron chi connectivity index (χ2n) is 8.02. The normalized spacial score (nSPS) is 12.0. The Morgan fingerprint density at radius 3 is 2.49 bits per heavy atom. The molecule has 2 aromatic heterocycles. The third-order valence-electron chi connectivity index (χ3n) is 5.61. The third kappa shape index (κ3) is 4.83. The van der Waals surface area contributed by atoms with Gasteiger partial charge in [0.2, 0.25) is 5.91 Å². The van der Waals surface area contributed by atoms with Crippen molar-refractivity contribution in [3.05, 3.63) is 70.2 Å². The Morgan fingerprint density at radius 2 is 1.74 bits per heavy atom. The molecule has 0 bridgehead atoms. The van der Waals surface area contributed by atoms with Crippen LogP contribution < -0.4 is 16.3 Å². The number of hydrogen-bond acceptors (Lipinski definition) is 6. The van der Waals surface area contributed by atoms with Gasteiger partial charge in [0.15, 0.2) is 11.0 Å². The van der Waals surface area contributed by atoms with E-state index >= 15 is 0 Å². The van der Waals surface area contributed by atoms with Crippen molar-refractivity contribution >= 4 is 40.3 Å². The number of hydrogen-bond donors (Lipinski definition) is 2. The molecule has 0 radical (unpaired) electrons. The highest BCUT2D eigenvalue weighted by Crippen LogP contribution is 2.21. The Kier molecular flexibility index (Phi) is 6.74. The van der Waals surface area contributed by atoms with Crippen LogP contribution in [0, 0.1) is 5.82 Å². The summed E-state index contributed by atoms with van der Waals surface area (Å²) in [5.74, 6) is -0.867. The standard InChI is InChI=1S/C23H24FN7O3S/c1-13(25-21(33)15-7-5-6-8-16(15)24)20-27-28-22(31(20)4)35-12-19(32)26-14-9-10-17-18(11-14)30(3)23(34)29(17)2/h5-11,13H,12H2,1-4H3,(H,25,33)(H,26,32). The molecule has 182 valence electrons. The van der Waals surface area contributed by atoms with Gasteiger partial charge in [-0.1, -0.05) is 23.9 Å². The Labute approximate surface area is 204 Å². The lowest BCUT2D eigenvalue weighted by molar-refractivity contribution is -0.113. The van der Waals surface area contributed by atoms with Crippen molar-refractivity contribution in [2.45, 2.75) is 18.1 Å². The lowest BCUT2D eigenvalue weighted by Gasteiger charge is -2.14. The van der Waals surface area contributed by atoms with E-state index in [-0.39, 0.29) is 22.9 Å². The summed E-state index contributed by atoms with van der Waals surface area (Å²) in [5, 5.41) is 14.3. The molecule has 2 aromatic carbocycles. The van der Waals surface area contributed by atoms with Crippen LogP contribution in [0.1, 0.15) is 29.1 Å². The fourth-order valence-electron chi connectivity index (χ4n) is 3.72. The van der Waals surface area contributed by atoms with Gasteiger partial charge >= 0.3 is 5.69 Å². The van der Waals surface area contributed by atoms with Crippen molar-refractivity contribution < 1.29 is 14.0 Å². The highest BCUT2D eigenvalue weighted by Gasteiger charge is 2.20. The van der Waals surface area contributed by atoms with E-state index in [4.69, 9.17) is 0 Å². The molecule has 35 heavy (non-hydrogen) atoms. The molecule has 2 N–H and O–H groups in total. The number of halogens is 1. The first kappa shape index (κ1) is 24.2. The Bertz CT molecular complexity index is 1490. The summed E-state index contributed by atoms with van der Waals surface area (Å²) >= 11 is 1.19. The fourth-order valence-corrected chi connectivity index (χ4v) is 4.44. The summed E-state index contributed by atoms with van der Waals surface area (Å²) in [4.78, 5) is 37.0. The highest BCUT2D eigenvalue weighted by molar-refractivity contribution is 7.99. The van der Waals surface area contributed by atoms with Crippen molar-refractivity contribution in [3.8, 4) is 0 Å². The van der Waals surface area contributed by atoms with E-state index in [0.29, 0.717) is 22.2 Å². The van der Waals surface area contributed by atoms with Crippen molar-refractivity contribution in [2.75, 3.05) is 11.1 Å². The molecule has 0 spiro atoms. The third-order valence-corrected chi connectivity index (χ3v) is 6.63. The molecule has 0 aliphatic heterocycles. The van der Waals surface area contributed by atoms with Crippen molar-refractivity contribution in [2.24, 2.45) is 21.1 Å². The Hall–Kier alpha value is -3.93. The minimum atomic E-state index is -0.606. The van der Waals surface area contributed by atoms with Gasteiger partial charge in [-0.05, 0) is 37.3 Å². The van der Waals surface area contributed by atoms with E-state index in [1.54, 1.807) is 61.5 Å². The fraction of sp³-hybridized carbons (Fsp3) is 0.261. The van der Waals surface area contributed by atoms with Crippen molar-refractivity contribution in [1.82, 2.24) is 29.2 Å². The van der Waals surface area contributed by atoms with E-state index in [1.165, 1.54) is 34.5 Å². The topological polar surface area (TPSA) is 116 Å². The average Bonchev–Trinajstić information content (AvgIpc) is 3.30. The molecule has 1 atom stereocenters. The van der Waals surface area contributed by atoms with Crippen molar-refractivity contribution in [3.63, 3.8) is 0 Å². The monoisotopic (exact) mass is 497 g/mol. The zero-order chi connectivity index (χ0) is 25.3. The Morgan fingerprint density at radius 1 is 1.03 bits per heavy atom. The number of aromatic nitrogens is 5. The maximum absolute atomic E-state index is 13.9. The summed E-state index contributed by atoms with van der Waals surface area (Å²) in [6, 6.07) is 10.5. The first-order valence-electron chi connectivity index (χ1n) is 10.7. The van der Waals surface area contributed by atoms with Gasteiger partial charge < -0.3 is 15.2 Å². The van der Waals surface area contributed by atoms with Crippen LogP contribution in [-0.4, -0.2) is 41.5 Å². The summed E-state index contributed by atoms with van der Waals surface area (Å²) in [6.45, 7) is 1.72. The van der Waals surface area contributed by atoms with Gasteiger partial charge in [0.25, 0.3) is 5.91 Å². The summed E-state index contributed by atoms with van der Waals surface area (Å²) in [6.07, 6.45) is 0. The van der Waals surface area contributed by atoms with Crippen molar-refractivity contribution in [1.29, 1.82) is 0 Å². The van der Waals surface area contributed by atoms with Crippen LogP contribution in [-0.2, 0) is 25.9 Å². The Balaban J connectivity index is 1.38. The summed E-state index contributed by atoms with van der Waals surface area (Å²) < 4.78 is 18.6. The van der Waals surface area contributed by atoms with Gasteiger partial charge in [-0.15, -0.1) is 10.2 Å². The summed E-state index contributed by atoms with van der Waals surface area (Å²) in [7, 11) is 5.10. The molecule has 10 nitrogen and oxygen atoms in total. The van der Waals surface area contributed by atoms with Crippen LogP contribution in [0.25, 0.3) is 11.0 Å². The number of nitrogens with one attached hydrogen (secondary N) is 2. The maximum Gasteiger partial charge on any atom is 0.328 e. The van der Waals surface area contributed by atoms with Crippen LogP contribution in [0.4, 0.5) is 10.1 Å². The van der Waals surface area contributed by atoms with Gasteiger partial charge in [-0.25, -0.2) is 9.18 Å². The number of amides is 2. The number of thioether (sulfide) groups is 1. The maximum atomic E-state index is 13.9. The minimum Gasteiger partial charge on any atom is -0.342 e. The molecule has 0 fully saturated rings. The van der Waals surface area contributed by atoms with Gasteiger partial charge in [0.1, 0.15) is 5.82 Å². The molecule has 0 aliphatic carbocycles. The molecule has 0 saturated carbocycles. The van der Waals surface area contributed by atoms with E-state index in [1.807, 2.05) is 0 Å². The predicted octanol–water partition coefficient (Wildman–Crippen LogP) is 2.37.